The first-order valence-corrected chi connectivity index (χ1v) is 13.7. The molecular formula is C26H34N10O3. The largest absolute Gasteiger partial charge is 0.468 e. The summed E-state index contributed by atoms with van der Waals surface area (Å²) in [6.45, 7) is 0.751. The van der Waals surface area contributed by atoms with E-state index in [2.05, 4.69) is 39.9 Å². The fraction of sp³-hybridized carbons (Fsp3) is 0.615. The van der Waals surface area contributed by atoms with Gasteiger partial charge in [-0.3, -0.25) is 0 Å². The highest BCUT2D eigenvalue weighted by Gasteiger charge is 2.53. The van der Waals surface area contributed by atoms with Gasteiger partial charge in [0.2, 0.25) is 11.9 Å². The van der Waals surface area contributed by atoms with Crippen LogP contribution in [0.3, 0.4) is 0 Å². The minimum atomic E-state index is -0.0343. The molecule has 13 heteroatoms. The number of imidazole rings is 2. The Morgan fingerprint density at radius 1 is 0.769 bits per heavy atom. The molecule has 4 aromatic rings. The highest BCUT2D eigenvalue weighted by Crippen LogP contribution is 2.61. The molecule has 1 saturated heterocycles. The zero-order valence-corrected chi connectivity index (χ0v) is 22.2. The first-order valence-electron chi connectivity index (χ1n) is 13.7. The lowest BCUT2D eigenvalue weighted by atomic mass is 9.48. The number of aromatic amines is 2. The van der Waals surface area contributed by atoms with Gasteiger partial charge in [0, 0.05) is 12.0 Å². The van der Waals surface area contributed by atoms with E-state index in [1.807, 2.05) is 0 Å². The molecule has 0 amide bonds. The molecule has 0 spiro atoms. The zero-order valence-electron chi connectivity index (χ0n) is 22.2. The predicted molar refractivity (Wildman–Crippen MR) is 143 cm³/mol. The Kier molecular flexibility index (Phi) is 5.72. The Morgan fingerprint density at radius 2 is 1.33 bits per heavy atom. The average molecular weight is 535 g/mol. The number of nitrogens with one attached hydrogen (secondary N) is 2. The molecule has 9 rings (SSSR count). The molecule has 4 bridgehead atoms. The molecule has 6 N–H and O–H groups in total. The molecule has 13 nitrogen and oxygen atoms in total. The second-order valence-electron chi connectivity index (χ2n) is 11.5. The minimum Gasteiger partial charge on any atom is -0.468 e. The van der Waals surface area contributed by atoms with Gasteiger partial charge in [0.25, 0.3) is 12.0 Å². The van der Waals surface area contributed by atoms with E-state index in [4.69, 9.17) is 25.7 Å². The van der Waals surface area contributed by atoms with Gasteiger partial charge in [-0.15, -0.1) is 0 Å². The summed E-state index contributed by atoms with van der Waals surface area (Å²) in [6, 6.07) is 0.889. The van der Waals surface area contributed by atoms with Crippen LogP contribution in [0.15, 0.2) is 0 Å². The molecule has 1 atom stereocenters. The first kappa shape index (κ1) is 24.3. The Morgan fingerprint density at radius 3 is 1.90 bits per heavy atom. The highest BCUT2D eigenvalue weighted by atomic mass is 16.5. The maximum absolute atomic E-state index is 5.98. The monoisotopic (exact) mass is 534 g/mol. The quantitative estimate of drug-likeness (QED) is 0.301. The average Bonchev–Trinajstić information content (AvgIpc) is 3.66. The number of nitrogen functional groups attached to an aromatic ring is 2. The molecule has 0 aromatic carbocycles. The van der Waals surface area contributed by atoms with Crippen LogP contribution in [-0.2, 0) is 10.2 Å². The molecule has 1 aliphatic heterocycles. The van der Waals surface area contributed by atoms with E-state index in [0.29, 0.717) is 29.3 Å². The molecular weight excluding hydrogens is 500 g/mol. The number of ether oxygens (including phenoxy) is 3. The molecule has 4 aromatic heterocycles. The Bertz CT molecular complexity index is 1490. The van der Waals surface area contributed by atoms with E-state index in [1.54, 1.807) is 14.2 Å². The van der Waals surface area contributed by atoms with Crippen LogP contribution >= 0.6 is 0 Å². The maximum Gasteiger partial charge on any atom is 0.295 e. The van der Waals surface area contributed by atoms with Crippen molar-refractivity contribution in [3.63, 3.8) is 0 Å². The van der Waals surface area contributed by atoms with Gasteiger partial charge in [-0.25, -0.2) is 9.97 Å². The number of nitrogens with two attached hydrogens (primary N) is 2. The summed E-state index contributed by atoms with van der Waals surface area (Å²) in [5.41, 5.74) is 16.5. The van der Waals surface area contributed by atoms with Crippen LogP contribution in [0.25, 0.3) is 22.3 Å². The summed E-state index contributed by atoms with van der Waals surface area (Å²) >= 11 is 0. The predicted octanol–water partition coefficient (Wildman–Crippen LogP) is 3.21. The van der Waals surface area contributed by atoms with Crippen molar-refractivity contribution in [1.29, 1.82) is 0 Å². The third kappa shape index (κ3) is 4.19. The van der Waals surface area contributed by atoms with E-state index < -0.39 is 0 Å². The summed E-state index contributed by atoms with van der Waals surface area (Å²) in [4.78, 5) is 32.1. The van der Waals surface area contributed by atoms with Gasteiger partial charge in [-0.1, -0.05) is 0 Å². The fourth-order valence-corrected chi connectivity index (χ4v) is 7.81. The molecule has 5 fully saturated rings. The number of nitrogens with zero attached hydrogens (tertiary/aromatic N) is 6. The molecule has 4 aliphatic carbocycles. The maximum atomic E-state index is 5.98. The third-order valence-electron chi connectivity index (χ3n) is 8.88. The van der Waals surface area contributed by atoms with Crippen LogP contribution in [0.5, 0.6) is 12.0 Å². The van der Waals surface area contributed by atoms with Crippen molar-refractivity contribution < 1.29 is 14.2 Å². The summed E-state index contributed by atoms with van der Waals surface area (Å²) in [6.07, 6.45) is 9.89. The number of fused-ring (bicyclic) bond motifs is 2. The lowest BCUT2D eigenvalue weighted by Gasteiger charge is -2.56. The molecule has 0 radical (unpaired) electrons. The van der Waals surface area contributed by atoms with Crippen molar-refractivity contribution in [3.8, 4) is 12.0 Å². The van der Waals surface area contributed by atoms with E-state index in [-0.39, 0.29) is 17.5 Å². The Hall–Kier alpha value is -3.74. The number of rotatable bonds is 4. The first-order chi connectivity index (χ1) is 18.9. The summed E-state index contributed by atoms with van der Waals surface area (Å²) in [5.74, 6) is 3.12. The number of hydrogen-bond acceptors (Lipinski definition) is 11. The lowest BCUT2D eigenvalue weighted by molar-refractivity contribution is -0.00650. The number of aromatic nitrogens is 8. The summed E-state index contributed by atoms with van der Waals surface area (Å²) in [5, 5.41) is 0. The second kappa shape index (κ2) is 9.18. The number of methoxy groups -OCH3 is 2. The van der Waals surface area contributed by atoms with Gasteiger partial charge in [0.1, 0.15) is 22.8 Å². The molecule has 5 aliphatic rings. The summed E-state index contributed by atoms with van der Waals surface area (Å²) in [7, 11) is 3.15. The molecule has 39 heavy (non-hydrogen) atoms. The Balaban J connectivity index is 0.000000135. The van der Waals surface area contributed by atoms with Crippen molar-refractivity contribution >= 4 is 34.2 Å². The SMILES string of the molecule is COc1nc2nc(N)nc(C34CC5CC(CC(C5)C3)C4)c2[nH]1.COc1nc2nc(N)nc(C3CCCO3)c2[nH]1. The zero-order chi connectivity index (χ0) is 26.7. The number of H-pyrrole nitrogens is 2. The van der Waals surface area contributed by atoms with Crippen molar-refractivity contribution in [2.75, 3.05) is 32.3 Å². The van der Waals surface area contributed by atoms with Gasteiger partial charge in [-0.05, 0) is 69.1 Å². The van der Waals surface area contributed by atoms with Gasteiger partial charge in [0.15, 0.2) is 11.3 Å². The Labute approximate surface area is 224 Å². The van der Waals surface area contributed by atoms with Crippen molar-refractivity contribution in [3.05, 3.63) is 11.4 Å². The van der Waals surface area contributed by atoms with E-state index >= 15 is 0 Å². The van der Waals surface area contributed by atoms with Crippen LogP contribution in [0.1, 0.15) is 68.9 Å². The smallest absolute Gasteiger partial charge is 0.295 e. The van der Waals surface area contributed by atoms with Crippen LogP contribution < -0.4 is 20.9 Å². The summed E-state index contributed by atoms with van der Waals surface area (Å²) < 4.78 is 15.9. The lowest BCUT2D eigenvalue weighted by Crippen LogP contribution is -2.49. The van der Waals surface area contributed by atoms with Crippen molar-refractivity contribution in [2.24, 2.45) is 17.8 Å². The van der Waals surface area contributed by atoms with Crippen LogP contribution in [0.2, 0.25) is 0 Å². The number of hydrogen-bond donors (Lipinski definition) is 4. The minimum absolute atomic E-state index is 0.0343. The second-order valence-corrected chi connectivity index (χ2v) is 11.5. The van der Waals surface area contributed by atoms with Gasteiger partial charge in [0.05, 0.1) is 19.9 Å². The molecule has 4 saturated carbocycles. The number of anilines is 2. The highest BCUT2D eigenvalue weighted by molar-refractivity contribution is 5.77. The van der Waals surface area contributed by atoms with Crippen LogP contribution in [0, 0.1) is 17.8 Å². The van der Waals surface area contributed by atoms with E-state index in [0.717, 1.165) is 59.6 Å². The van der Waals surface area contributed by atoms with Crippen LogP contribution in [0.4, 0.5) is 11.9 Å². The topological polar surface area (TPSA) is 189 Å². The van der Waals surface area contributed by atoms with Crippen molar-refractivity contribution in [2.45, 2.75) is 62.9 Å². The van der Waals surface area contributed by atoms with E-state index in [1.165, 1.54) is 38.5 Å². The molecule has 1 unspecified atom stereocenters. The third-order valence-corrected chi connectivity index (χ3v) is 8.88. The fourth-order valence-electron chi connectivity index (χ4n) is 7.81. The van der Waals surface area contributed by atoms with Crippen molar-refractivity contribution in [1.82, 2.24) is 39.9 Å². The molecule has 206 valence electrons. The van der Waals surface area contributed by atoms with Gasteiger partial charge in [-0.2, -0.15) is 19.9 Å². The molecule has 5 heterocycles. The van der Waals surface area contributed by atoms with Crippen LogP contribution in [-0.4, -0.2) is 60.7 Å². The van der Waals surface area contributed by atoms with Gasteiger partial charge < -0.3 is 35.6 Å². The van der Waals surface area contributed by atoms with Gasteiger partial charge >= 0.3 is 0 Å². The van der Waals surface area contributed by atoms with E-state index in [9.17, 15) is 0 Å². The standard InChI is InChI=1S/C16H21N5O.C10H13N5O2/c1-22-15-18-11-12(19-14(17)20-13(11)21-15)16-5-8-2-9(6-16)4-10(3-8)7-16;1-16-10-13-7-6(5-3-2-4-17-5)12-9(11)14-8(7)15-10/h8-10H,2-7H2,1H3,(H3,17,18,19,20,21);5H,2-4H2,1H3,(H3,11,12,13,14,15). The normalized spacial score (nSPS) is 29.1.